The molecule has 0 N–H and O–H groups in total. The summed E-state index contributed by atoms with van der Waals surface area (Å²) in [4.78, 5) is 0. The van der Waals surface area contributed by atoms with Crippen molar-refractivity contribution in [2.24, 2.45) is 0 Å². The number of aromatic nitrogens is 1. The zero-order chi connectivity index (χ0) is 14.7. The van der Waals surface area contributed by atoms with Gasteiger partial charge in [0.15, 0.2) is 0 Å². The molecule has 1 fully saturated rings. The zero-order valence-electron chi connectivity index (χ0n) is 11.8. The van der Waals surface area contributed by atoms with Crippen molar-refractivity contribution in [1.29, 1.82) is 0 Å². The minimum Gasteiger partial charge on any atom is -0.338 e. The largest absolute Gasteiger partial charge is 0.338 e. The lowest BCUT2D eigenvalue weighted by Gasteiger charge is -2.24. The Bertz CT molecular complexity index is 664. The minimum absolute atomic E-state index is 0.598. The Morgan fingerprint density at radius 3 is 2.38 bits per heavy atom. The molecule has 1 aliphatic rings. The van der Waals surface area contributed by atoms with Gasteiger partial charge in [0.2, 0.25) is 0 Å². The van der Waals surface area contributed by atoms with E-state index in [4.69, 9.17) is 23.2 Å². The molecule has 1 aliphatic carbocycles. The van der Waals surface area contributed by atoms with Crippen molar-refractivity contribution in [3.8, 4) is 11.8 Å². The number of rotatable bonds is 1. The molecule has 0 spiro atoms. The van der Waals surface area contributed by atoms with E-state index in [1.807, 2.05) is 12.1 Å². The monoisotopic (exact) mass is 317 g/mol. The van der Waals surface area contributed by atoms with Gasteiger partial charge in [-0.25, -0.2) is 0 Å². The SMILES string of the molecule is Clc1cc(Cl)cc(C#Cc2cccn2C2CCCCC2)c1. The van der Waals surface area contributed by atoms with Gasteiger partial charge in [-0.1, -0.05) is 48.4 Å². The molecular weight excluding hydrogens is 301 g/mol. The van der Waals surface area contributed by atoms with Crippen molar-refractivity contribution >= 4 is 23.2 Å². The summed E-state index contributed by atoms with van der Waals surface area (Å²) in [6.45, 7) is 0. The summed E-state index contributed by atoms with van der Waals surface area (Å²) in [5, 5.41) is 1.24. The first-order valence-electron chi connectivity index (χ1n) is 7.37. The van der Waals surface area contributed by atoms with E-state index in [9.17, 15) is 0 Å². The van der Waals surface area contributed by atoms with Crippen LogP contribution >= 0.6 is 23.2 Å². The standard InChI is InChI=1S/C18H17Cl2N/c19-15-11-14(12-16(20)13-15)8-9-18-7-4-10-21(18)17-5-2-1-3-6-17/h4,7,10-13,17H,1-3,5-6H2. The molecule has 1 saturated carbocycles. The van der Waals surface area contributed by atoms with Crippen LogP contribution < -0.4 is 0 Å². The molecule has 0 radical (unpaired) electrons. The topological polar surface area (TPSA) is 4.93 Å². The van der Waals surface area contributed by atoms with E-state index in [0.29, 0.717) is 16.1 Å². The van der Waals surface area contributed by atoms with Crippen LogP contribution in [0.15, 0.2) is 36.5 Å². The number of benzene rings is 1. The van der Waals surface area contributed by atoms with Crippen LogP contribution in [0.2, 0.25) is 10.0 Å². The van der Waals surface area contributed by atoms with E-state index in [1.165, 1.54) is 32.1 Å². The van der Waals surface area contributed by atoms with Gasteiger partial charge in [0.1, 0.15) is 0 Å². The molecule has 1 aromatic carbocycles. The van der Waals surface area contributed by atoms with Crippen LogP contribution in [0.5, 0.6) is 0 Å². The Morgan fingerprint density at radius 2 is 1.67 bits per heavy atom. The Morgan fingerprint density at radius 1 is 0.952 bits per heavy atom. The summed E-state index contributed by atoms with van der Waals surface area (Å²) in [7, 11) is 0. The van der Waals surface area contributed by atoms with Gasteiger partial charge in [-0.2, -0.15) is 0 Å². The van der Waals surface area contributed by atoms with Crippen LogP contribution in [0.3, 0.4) is 0 Å². The highest BCUT2D eigenvalue weighted by Crippen LogP contribution is 2.29. The number of hydrogen-bond acceptors (Lipinski definition) is 0. The average Bonchev–Trinajstić information content (AvgIpc) is 2.93. The lowest BCUT2D eigenvalue weighted by atomic mass is 9.95. The van der Waals surface area contributed by atoms with Crippen LogP contribution in [0.4, 0.5) is 0 Å². The first-order valence-corrected chi connectivity index (χ1v) is 8.13. The first-order chi connectivity index (χ1) is 10.2. The van der Waals surface area contributed by atoms with E-state index in [2.05, 4.69) is 34.7 Å². The van der Waals surface area contributed by atoms with Gasteiger partial charge in [-0.15, -0.1) is 0 Å². The second-order valence-corrected chi connectivity index (χ2v) is 6.37. The van der Waals surface area contributed by atoms with E-state index in [0.717, 1.165) is 11.3 Å². The highest BCUT2D eigenvalue weighted by atomic mass is 35.5. The molecule has 2 aromatic rings. The minimum atomic E-state index is 0.598. The molecule has 0 aliphatic heterocycles. The molecule has 108 valence electrons. The fourth-order valence-corrected chi connectivity index (χ4v) is 3.47. The zero-order valence-corrected chi connectivity index (χ0v) is 13.3. The molecule has 0 atom stereocenters. The van der Waals surface area contributed by atoms with Gasteiger partial charge in [-0.05, 0) is 49.1 Å². The summed E-state index contributed by atoms with van der Waals surface area (Å²) >= 11 is 12.0. The predicted molar refractivity (Wildman–Crippen MR) is 89.0 cm³/mol. The Kier molecular flexibility index (Phi) is 4.58. The van der Waals surface area contributed by atoms with Crippen LogP contribution in [-0.2, 0) is 0 Å². The summed E-state index contributed by atoms with van der Waals surface area (Å²) in [5.41, 5.74) is 1.92. The van der Waals surface area contributed by atoms with E-state index in [-0.39, 0.29) is 0 Å². The molecule has 0 bridgehead atoms. The molecule has 0 unspecified atom stereocenters. The fourth-order valence-electron chi connectivity index (χ4n) is 2.94. The molecule has 21 heavy (non-hydrogen) atoms. The number of hydrogen-bond donors (Lipinski definition) is 0. The van der Waals surface area contributed by atoms with Crippen molar-refractivity contribution in [2.45, 2.75) is 38.1 Å². The molecule has 1 heterocycles. The van der Waals surface area contributed by atoms with Crippen LogP contribution in [0.1, 0.15) is 49.4 Å². The molecule has 1 nitrogen and oxygen atoms in total. The van der Waals surface area contributed by atoms with Crippen LogP contribution in [0.25, 0.3) is 0 Å². The second kappa shape index (κ2) is 6.60. The Labute approximate surface area is 135 Å². The highest BCUT2D eigenvalue weighted by Gasteiger charge is 2.16. The van der Waals surface area contributed by atoms with Crippen molar-refractivity contribution < 1.29 is 0 Å². The molecule has 0 amide bonds. The summed E-state index contributed by atoms with van der Waals surface area (Å²) in [5.74, 6) is 6.43. The van der Waals surface area contributed by atoms with Gasteiger partial charge >= 0.3 is 0 Å². The van der Waals surface area contributed by atoms with E-state index >= 15 is 0 Å². The molecule has 1 aromatic heterocycles. The van der Waals surface area contributed by atoms with Crippen molar-refractivity contribution in [2.75, 3.05) is 0 Å². The van der Waals surface area contributed by atoms with Gasteiger partial charge in [0.05, 0.1) is 5.69 Å². The Hall–Kier alpha value is -1.36. The maximum Gasteiger partial charge on any atom is 0.0926 e. The molecule has 0 saturated heterocycles. The maximum atomic E-state index is 6.01. The quantitative estimate of drug-likeness (QED) is 0.594. The van der Waals surface area contributed by atoms with Crippen molar-refractivity contribution in [1.82, 2.24) is 4.57 Å². The maximum absolute atomic E-state index is 6.01. The van der Waals surface area contributed by atoms with Crippen LogP contribution in [-0.4, -0.2) is 4.57 Å². The lowest BCUT2D eigenvalue weighted by molar-refractivity contribution is 0.352. The highest BCUT2D eigenvalue weighted by molar-refractivity contribution is 6.34. The van der Waals surface area contributed by atoms with E-state index in [1.54, 1.807) is 6.07 Å². The van der Waals surface area contributed by atoms with Gasteiger partial charge in [0, 0.05) is 27.8 Å². The smallest absolute Gasteiger partial charge is 0.0926 e. The second-order valence-electron chi connectivity index (χ2n) is 5.50. The summed E-state index contributed by atoms with van der Waals surface area (Å²) < 4.78 is 2.32. The normalized spacial score (nSPS) is 15.5. The summed E-state index contributed by atoms with van der Waals surface area (Å²) in [6, 6.07) is 10.2. The van der Waals surface area contributed by atoms with Gasteiger partial charge in [0.25, 0.3) is 0 Å². The third kappa shape index (κ3) is 3.64. The van der Waals surface area contributed by atoms with Crippen LogP contribution in [0, 0.1) is 11.8 Å². The fraction of sp³-hybridized carbons (Fsp3) is 0.333. The predicted octanol–water partition coefficient (Wildman–Crippen LogP) is 5.70. The van der Waals surface area contributed by atoms with Gasteiger partial charge < -0.3 is 4.57 Å². The van der Waals surface area contributed by atoms with E-state index < -0.39 is 0 Å². The average molecular weight is 318 g/mol. The molecule has 3 rings (SSSR count). The molecular formula is C18H17Cl2N. The van der Waals surface area contributed by atoms with Crippen molar-refractivity contribution in [3.63, 3.8) is 0 Å². The summed E-state index contributed by atoms with van der Waals surface area (Å²) in [6.07, 6.45) is 8.66. The Balaban J connectivity index is 1.86. The van der Waals surface area contributed by atoms with Gasteiger partial charge in [-0.3, -0.25) is 0 Å². The number of halogens is 2. The third-order valence-corrected chi connectivity index (χ3v) is 4.38. The van der Waals surface area contributed by atoms with Crippen molar-refractivity contribution in [3.05, 3.63) is 57.8 Å². The lowest BCUT2D eigenvalue weighted by Crippen LogP contribution is -2.13. The number of nitrogens with zero attached hydrogens (tertiary/aromatic N) is 1. The first kappa shape index (κ1) is 14.6. The molecule has 3 heteroatoms. The third-order valence-electron chi connectivity index (χ3n) is 3.94.